The molecular weight excluding hydrogens is 290 g/mol. The second-order valence-electron chi connectivity index (χ2n) is 4.81. The topological polar surface area (TPSA) is 80.1 Å². The molecule has 2 aromatic rings. The molecule has 2 rings (SSSR count). The van der Waals surface area contributed by atoms with Crippen molar-refractivity contribution in [2.24, 2.45) is 0 Å². The first-order chi connectivity index (χ1) is 10.2. The number of hydrogen-bond donors (Lipinski definition) is 2. The molecule has 0 saturated heterocycles. The summed E-state index contributed by atoms with van der Waals surface area (Å²) in [6.45, 7) is 2.21. The van der Waals surface area contributed by atoms with E-state index in [0.717, 1.165) is 36.7 Å². The first-order valence-corrected chi connectivity index (χ1v) is 7.48. The first-order valence-electron chi connectivity index (χ1n) is 6.75. The fourth-order valence-corrected chi connectivity index (χ4v) is 2.30. The average Bonchev–Trinajstić information content (AvgIpc) is 3.07. The van der Waals surface area contributed by atoms with Gasteiger partial charge in [0, 0.05) is 32.1 Å². The zero-order valence-corrected chi connectivity index (χ0v) is 13.4. The van der Waals surface area contributed by atoms with Gasteiger partial charge in [-0.2, -0.15) is 8.75 Å². The van der Waals surface area contributed by atoms with Gasteiger partial charge in [0.1, 0.15) is 6.61 Å². The lowest BCUT2D eigenvalue weighted by Crippen LogP contribution is -2.16. The summed E-state index contributed by atoms with van der Waals surface area (Å²) in [5.74, 6) is 1.57. The molecule has 0 aliphatic rings. The molecule has 0 fully saturated rings. The number of nitrogens with one attached hydrogen (secondary N) is 2. The maximum Gasteiger partial charge on any atom is 0.184 e. The van der Waals surface area contributed by atoms with Crippen LogP contribution in [0.3, 0.4) is 0 Å². The Morgan fingerprint density at radius 3 is 2.90 bits per heavy atom. The van der Waals surface area contributed by atoms with Crippen molar-refractivity contribution in [1.29, 1.82) is 0 Å². The van der Waals surface area contributed by atoms with Crippen molar-refractivity contribution < 1.29 is 4.84 Å². The number of rotatable bonds is 9. The van der Waals surface area contributed by atoms with Gasteiger partial charge in [-0.25, -0.2) is 0 Å². The Kier molecular flexibility index (Phi) is 5.76. The van der Waals surface area contributed by atoms with Crippen molar-refractivity contribution in [3.8, 4) is 0 Å². The van der Waals surface area contributed by atoms with Crippen molar-refractivity contribution in [2.75, 3.05) is 44.9 Å². The van der Waals surface area contributed by atoms with Crippen LogP contribution in [-0.4, -0.2) is 57.9 Å². The summed E-state index contributed by atoms with van der Waals surface area (Å²) < 4.78 is 8.28. The van der Waals surface area contributed by atoms with Gasteiger partial charge in [-0.05, 0) is 14.1 Å². The molecule has 21 heavy (non-hydrogen) atoms. The van der Waals surface area contributed by atoms with Crippen molar-refractivity contribution in [2.45, 2.75) is 13.0 Å². The van der Waals surface area contributed by atoms with Crippen LogP contribution in [0.4, 0.5) is 11.6 Å². The van der Waals surface area contributed by atoms with E-state index in [2.05, 4.69) is 29.4 Å². The molecule has 0 amide bonds. The Hall–Kier alpha value is -1.87. The molecule has 2 N–H and O–H groups in total. The third-order valence-electron chi connectivity index (χ3n) is 2.67. The molecule has 8 nitrogen and oxygen atoms in total. The van der Waals surface area contributed by atoms with Crippen LogP contribution in [0.2, 0.25) is 0 Å². The van der Waals surface area contributed by atoms with E-state index in [1.54, 1.807) is 0 Å². The fourth-order valence-electron chi connectivity index (χ4n) is 1.76. The minimum Gasteiger partial charge on any atom is -0.397 e. The van der Waals surface area contributed by atoms with E-state index in [9.17, 15) is 0 Å². The standard InChI is InChI=1S/C12H21N7OS/c1-13-11-12(17-21-16-11)14-5-4-6-20-19-9-10(7-15-19)8-18(2)3/h7,9H,4-6,8H2,1-3H3,(H,13,16)(H,14,17). The Morgan fingerprint density at radius 1 is 1.33 bits per heavy atom. The fraction of sp³-hybridized carbons (Fsp3) is 0.583. The van der Waals surface area contributed by atoms with Gasteiger partial charge in [-0.15, -0.1) is 9.94 Å². The smallest absolute Gasteiger partial charge is 0.184 e. The lowest BCUT2D eigenvalue weighted by atomic mass is 10.3. The molecule has 0 aliphatic heterocycles. The largest absolute Gasteiger partial charge is 0.397 e. The quantitative estimate of drug-likeness (QED) is 0.662. The van der Waals surface area contributed by atoms with Gasteiger partial charge in [0.15, 0.2) is 11.6 Å². The van der Waals surface area contributed by atoms with Gasteiger partial charge in [0.05, 0.1) is 24.1 Å². The van der Waals surface area contributed by atoms with Crippen LogP contribution in [0.25, 0.3) is 0 Å². The molecule has 0 atom stereocenters. The predicted octanol–water partition coefficient (Wildman–Crippen LogP) is 0.769. The van der Waals surface area contributed by atoms with Crippen LogP contribution in [0, 0.1) is 0 Å². The van der Waals surface area contributed by atoms with Crippen molar-refractivity contribution in [3.05, 3.63) is 18.0 Å². The van der Waals surface area contributed by atoms with Gasteiger partial charge >= 0.3 is 0 Å². The summed E-state index contributed by atoms with van der Waals surface area (Å²) in [5.41, 5.74) is 1.13. The maximum absolute atomic E-state index is 5.54. The van der Waals surface area contributed by atoms with Crippen LogP contribution in [0.1, 0.15) is 12.0 Å². The lowest BCUT2D eigenvalue weighted by molar-refractivity contribution is 0.0819. The molecule has 0 spiro atoms. The summed E-state index contributed by atoms with van der Waals surface area (Å²) >= 11 is 1.18. The van der Waals surface area contributed by atoms with E-state index < -0.39 is 0 Å². The minimum atomic E-state index is 0.586. The van der Waals surface area contributed by atoms with Crippen molar-refractivity contribution in [1.82, 2.24) is 23.6 Å². The van der Waals surface area contributed by atoms with Gasteiger partial charge in [0.2, 0.25) is 0 Å². The molecule has 0 unspecified atom stereocenters. The highest BCUT2D eigenvalue weighted by atomic mass is 32.1. The van der Waals surface area contributed by atoms with E-state index >= 15 is 0 Å². The molecule has 0 aliphatic carbocycles. The number of aromatic nitrogens is 4. The molecule has 9 heteroatoms. The number of hydrogen-bond acceptors (Lipinski definition) is 8. The highest BCUT2D eigenvalue weighted by molar-refractivity contribution is 6.99. The van der Waals surface area contributed by atoms with Gasteiger partial charge < -0.3 is 20.4 Å². The van der Waals surface area contributed by atoms with Gasteiger partial charge in [-0.1, -0.05) is 0 Å². The molecule has 0 radical (unpaired) electrons. The van der Waals surface area contributed by atoms with Crippen molar-refractivity contribution >= 4 is 23.4 Å². The molecule has 0 bridgehead atoms. The molecule has 2 aromatic heterocycles. The maximum atomic E-state index is 5.54. The second-order valence-corrected chi connectivity index (χ2v) is 5.34. The lowest BCUT2D eigenvalue weighted by Gasteiger charge is -2.07. The molecular formula is C12H21N7OS. The summed E-state index contributed by atoms with van der Waals surface area (Å²) in [5, 5.41) is 10.4. The summed E-state index contributed by atoms with van der Waals surface area (Å²) in [6, 6.07) is 0. The van der Waals surface area contributed by atoms with E-state index in [-0.39, 0.29) is 0 Å². The van der Waals surface area contributed by atoms with Crippen LogP contribution in [0.15, 0.2) is 12.4 Å². The molecule has 0 saturated carbocycles. The van der Waals surface area contributed by atoms with E-state index in [1.165, 1.54) is 16.6 Å². The summed E-state index contributed by atoms with van der Waals surface area (Å²) in [6.07, 6.45) is 4.57. The molecule has 2 heterocycles. The third kappa shape index (κ3) is 4.87. The molecule has 0 aromatic carbocycles. The third-order valence-corrected chi connectivity index (χ3v) is 3.20. The first kappa shape index (κ1) is 15.5. The average molecular weight is 311 g/mol. The van der Waals surface area contributed by atoms with Crippen LogP contribution in [-0.2, 0) is 6.54 Å². The Bertz CT molecular complexity index is 539. The van der Waals surface area contributed by atoms with E-state index in [1.807, 2.05) is 33.5 Å². The summed E-state index contributed by atoms with van der Waals surface area (Å²) in [7, 11) is 5.88. The number of anilines is 2. The van der Waals surface area contributed by atoms with Crippen LogP contribution >= 0.6 is 11.7 Å². The van der Waals surface area contributed by atoms with Gasteiger partial charge in [0.25, 0.3) is 0 Å². The molecule has 116 valence electrons. The Morgan fingerprint density at radius 2 is 2.14 bits per heavy atom. The monoisotopic (exact) mass is 311 g/mol. The minimum absolute atomic E-state index is 0.586. The SMILES string of the molecule is CNc1nsnc1NCCCOn1cc(CN(C)C)cn1. The number of nitrogens with zero attached hydrogens (tertiary/aromatic N) is 5. The highest BCUT2D eigenvalue weighted by Crippen LogP contribution is 2.16. The summed E-state index contributed by atoms with van der Waals surface area (Å²) in [4.78, 5) is 9.15. The zero-order chi connectivity index (χ0) is 15.1. The Balaban J connectivity index is 1.64. The predicted molar refractivity (Wildman–Crippen MR) is 83.6 cm³/mol. The van der Waals surface area contributed by atoms with Crippen LogP contribution in [0.5, 0.6) is 0 Å². The van der Waals surface area contributed by atoms with Crippen LogP contribution < -0.4 is 15.5 Å². The highest BCUT2D eigenvalue weighted by Gasteiger charge is 2.04. The van der Waals surface area contributed by atoms with E-state index in [4.69, 9.17) is 4.84 Å². The normalized spacial score (nSPS) is 10.9. The zero-order valence-electron chi connectivity index (χ0n) is 12.5. The Labute approximate surface area is 128 Å². The van der Waals surface area contributed by atoms with E-state index in [0.29, 0.717) is 6.61 Å². The van der Waals surface area contributed by atoms with Crippen molar-refractivity contribution in [3.63, 3.8) is 0 Å². The second kappa shape index (κ2) is 7.79. The van der Waals surface area contributed by atoms with Gasteiger partial charge in [-0.3, -0.25) is 0 Å².